The Morgan fingerprint density at radius 2 is 2.09 bits per heavy atom. The molecule has 1 saturated heterocycles. The minimum atomic E-state index is -3.52. The molecule has 0 amide bonds. The van der Waals surface area contributed by atoms with Crippen LogP contribution in [-0.2, 0) is 17.1 Å². The highest BCUT2D eigenvalue weighted by Crippen LogP contribution is 2.39. The van der Waals surface area contributed by atoms with Gasteiger partial charge in [0.05, 0.1) is 5.69 Å². The van der Waals surface area contributed by atoms with Gasteiger partial charge in [0.25, 0.3) is 0 Å². The first kappa shape index (κ1) is 15.0. The number of nitrogens with two attached hydrogens (primary N) is 1. The van der Waals surface area contributed by atoms with Crippen molar-refractivity contribution >= 4 is 21.1 Å². The van der Waals surface area contributed by atoms with Gasteiger partial charge < -0.3 is 5.73 Å². The molecule has 124 valence electrons. The normalized spacial score (nSPS) is 28.6. The molecule has 1 aliphatic heterocycles. The number of fused-ring (bicyclic) bond motifs is 2. The van der Waals surface area contributed by atoms with Gasteiger partial charge in [0.2, 0.25) is 10.0 Å². The van der Waals surface area contributed by atoms with Crippen LogP contribution in [0, 0.1) is 18.8 Å². The summed E-state index contributed by atoms with van der Waals surface area (Å²) in [5.74, 6) is 0.693. The van der Waals surface area contributed by atoms with Crippen LogP contribution in [0.3, 0.4) is 0 Å². The molecule has 2 fully saturated rings. The molecular formula is C15H21N5O2S. The van der Waals surface area contributed by atoms with Gasteiger partial charge >= 0.3 is 0 Å². The molecule has 2 N–H and O–H groups in total. The minimum absolute atomic E-state index is 0.126. The van der Waals surface area contributed by atoms with Crippen molar-refractivity contribution < 1.29 is 8.42 Å². The van der Waals surface area contributed by atoms with Gasteiger partial charge in [-0.25, -0.2) is 13.4 Å². The van der Waals surface area contributed by atoms with Crippen molar-refractivity contribution in [2.75, 3.05) is 13.1 Å². The summed E-state index contributed by atoms with van der Waals surface area (Å²) in [5.41, 5.74) is 7.60. The molecule has 2 aromatic rings. The molecule has 8 heteroatoms. The second kappa shape index (κ2) is 4.99. The lowest BCUT2D eigenvalue weighted by Crippen LogP contribution is -2.33. The van der Waals surface area contributed by atoms with Crippen molar-refractivity contribution in [1.82, 2.24) is 19.1 Å². The topological polar surface area (TPSA) is 94.1 Å². The maximum Gasteiger partial charge on any atom is 0.244 e. The number of hydrogen-bond donors (Lipinski definition) is 1. The van der Waals surface area contributed by atoms with Crippen LogP contribution in [0.2, 0.25) is 0 Å². The number of rotatable bonds is 2. The highest BCUT2D eigenvalue weighted by atomic mass is 32.2. The summed E-state index contributed by atoms with van der Waals surface area (Å²) in [5, 5.41) is 5.08. The highest BCUT2D eigenvalue weighted by Gasteiger charge is 2.45. The molecule has 7 nitrogen and oxygen atoms in total. The van der Waals surface area contributed by atoms with Crippen molar-refractivity contribution in [1.29, 1.82) is 0 Å². The Kier molecular flexibility index (Phi) is 3.26. The number of aryl methyl sites for hydroxylation is 2. The van der Waals surface area contributed by atoms with Gasteiger partial charge in [-0.15, -0.1) is 0 Å². The summed E-state index contributed by atoms with van der Waals surface area (Å²) in [6, 6.07) is 1.81. The molecule has 3 heterocycles. The van der Waals surface area contributed by atoms with Gasteiger partial charge in [-0.3, -0.25) is 4.68 Å². The molecule has 1 saturated carbocycles. The summed E-state index contributed by atoms with van der Waals surface area (Å²) in [6.07, 6.45) is 3.47. The molecule has 2 aliphatic rings. The fourth-order valence-corrected chi connectivity index (χ4v) is 5.55. The molecule has 0 aromatic carbocycles. The average Bonchev–Trinajstić information content (AvgIpc) is 3.16. The molecule has 0 spiro atoms. The number of nitrogens with zero attached hydrogens (tertiary/aromatic N) is 4. The molecule has 1 aliphatic carbocycles. The van der Waals surface area contributed by atoms with Gasteiger partial charge in [-0.2, -0.15) is 9.40 Å². The molecule has 0 radical (unpaired) electrons. The van der Waals surface area contributed by atoms with Gasteiger partial charge in [-0.1, -0.05) is 0 Å². The van der Waals surface area contributed by atoms with Crippen LogP contribution in [-0.4, -0.2) is 46.6 Å². The third kappa shape index (κ3) is 2.20. The first-order chi connectivity index (χ1) is 10.9. The van der Waals surface area contributed by atoms with E-state index in [2.05, 4.69) is 10.1 Å². The summed E-state index contributed by atoms with van der Waals surface area (Å²) in [4.78, 5) is 4.54. The number of hydrogen-bond acceptors (Lipinski definition) is 5. The van der Waals surface area contributed by atoms with E-state index in [9.17, 15) is 8.42 Å². The predicted octanol–water partition coefficient (Wildman–Crippen LogP) is 0.635. The number of sulfonamides is 1. The Hall–Kier alpha value is -1.51. The zero-order chi connectivity index (χ0) is 16.4. The van der Waals surface area contributed by atoms with Gasteiger partial charge in [-0.05, 0) is 37.7 Å². The smallest absolute Gasteiger partial charge is 0.244 e. The molecular weight excluding hydrogens is 314 g/mol. The molecule has 0 bridgehead atoms. The molecule has 3 atom stereocenters. The van der Waals surface area contributed by atoms with Crippen LogP contribution in [0.1, 0.15) is 18.5 Å². The van der Waals surface area contributed by atoms with Crippen molar-refractivity contribution in [3.05, 3.63) is 18.0 Å². The Morgan fingerprint density at radius 1 is 1.30 bits per heavy atom. The molecule has 2 aromatic heterocycles. The zero-order valence-electron chi connectivity index (χ0n) is 13.3. The number of pyridine rings is 1. The number of aromatic nitrogens is 3. The van der Waals surface area contributed by atoms with E-state index in [4.69, 9.17) is 5.73 Å². The van der Waals surface area contributed by atoms with Crippen LogP contribution in [0.5, 0.6) is 0 Å². The third-order valence-electron chi connectivity index (χ3n) is 5.35. The van der Waals surface area contributed by atoms with Crippen LogP contribution in [0.15, 0.2) is 17.2 Å². The van der Waals surface area contributed by atoms with E-state index in [1.54, 1.807) is 22.1 Å². The van der Waals surface area contributed by atoms with Gasteiger partial charge in [0, 0.05) is 37.8 Å². The Bertz CT molecular complexity index is 875. The van der Waals surface area contributed by atoms with E-state index in [-0.39, 0.29) is 10.9 Å². The van der Waals surface area contributed by atoms with Gasteiger partial charge in [0.1, 0.15) is 4.90 Å². The Labute approximate surface area is 135 Å². The fraction of sp³-hybridized carbons (Fsp3) is 0.600. The van der Waals surface area contributed by atoms with E-state index < -0.39 is 10.0 Å². The molecule has 3 unspecified atom stereocenters. The summed E-state index contributed by atoms with van der Waals surface area (Å²) in [7, 11) is -1.72. The van der Waals surface area contributed by atoms with Gasteiger partial charge in [0.15, 0.2) is 5.65 Å². The zero-order valence-corrected chi connectivity index (χ0v) is 14.1. The summed E-state index contributed by atoms with van der Waals surface area (Å²) in [6.45, 7) is 2.96. The monoisotopic (exact) mass is 335 g/mol. The fourth-order valence-electron chi connectivity index (χ4n) is 4.04. The lowest BCUT2D eigenvalue weighted by molar-refractivity contribution is 0.427. The molecule has 23 heavy (non-hydrogen) atoms. The maximum absolute atomic E-state index is 13.0. The second-order valence-electron chi connectivity index (χ2n) is 6.74. The Balaban J connectivity index is 1.70. The Morgan fingerprint density at radius 3 is 2.83 bits per heavy atom. The van der Waals surface area contributed by atoms with E-state index in [0.29, 0.717) is 30.6 Å². The summed E-state index contributed by atoms with van der Waals surface area (Å²) < 4.78 is 29.2. The summed E-state index contributed by atoms with van der Waals surface area (Å²) >= 11 is 0. The van der Waals surface area contributed by atoms with Crippen LogP contribution in [0.25, 0.3) is 11.0 Å². The standard InChI is InChI=1S/C15H21N5O2S/c1-9-12-5-11(6-17-15(12)19(2)18-9)23(21,22)20-7-10-3-4-14(16)13(10)8-20/h5-6,10,13-14H,3-4,7-8,16H2,1-2H3. The van der Waals surface area contributed by atoms with Crippen molar-refractivity contribution in [2.24, 2.45) is 24.6 Å². The van der Waals surface area contributed by atoms with E-state index in [1.807, 2.05) is 6.92 Å². The van der Waals surface area contributed by atoms with E-state index in [0.717, 1.165) is 23.9 Å². The highest BCUT2D eigenvalue weighted by molar-refractivity contribution is 7.89. The largest absolute Gasteiger partial charge is 0.327 e. The van der Waals surface area contributed by atoms with Crippen LogP contribution in [0.4, 0.5) is 0 Å². The molecule has 4 rings (SSSR count). The first-order valence-corrected chi connectivity index (χ1v) is 9.37. The van der Waals surface area contributed by atoms with Crippen LogP contribution < -0.4 is 5.73 Å². The average molecular weight is 335 g/mol. The van der Waals surface area contributed by atoms with Crippen molar-refractivity contribution in [3.63, 3.8) is 0 Å². The predicted molar refractivity (Wildman–Crippen MR) is 86.2 cm³/mol. The quantitative estimate of drug-likeness (QED) is 0.869. The SMILES string of the molecule is Cc1nn(C)c2ncc(S(=O)(=O)N3CC4CCC(N)C4C3)cc12. The lowest BCUT2D eigenvalue weighted by atomic mass is 9.98. The second-order valence-corrected chi connectivity index (χ2v) is 8.68. The lowest BCUT2D eigenvalue weighted by Gasteiger charge is -2.18. The van der Waals surface area contributed by atoms with E-state index >= 15 is 0 Å². The van der Waals surface area contributed by atoms with E-state index in [1.165, 1.54) is 6.20 Å². The van der Waals surface area contributed by atoms with Crippen molar-refractivity contribution in [3.8, 4) is 0 Å². The maximum atomic E-state index is 13.0. The van der Waals surface area contributed by atoms with Crippen LogP contribution >= 0.6 is 0 Å². The third-order valence-corrected chi connectivity index (χ3v) is 7.15. The minimum Gasteiger partial charge on any atom is -0.327 e. The first-order valence-electron chi connectivity index (χ1n) is 7.93. The van der Waals surface area contributed by atoms with Crippen molar-refractivity contribution in [2.45, 2.75) is 30.7 Å².